The molecule has 0 aliphatic heterocycles. The van der Waals surface area contributed by atoms with Crippen molar-refractivity contribution >= 4 is 27.6 Å². The molecule has 0 fully saturated rings. The average Bonchev–Trinajstić information content (AvgIpc) is 2.16. The van der Waals surface area contributed by atoms with Gasteiger partial charge in [0.1, 0.15) is 0 Å². The fraction of sp³-hybridized carbons (Fsp3) is 0.909. The van der Waals surface area contributed by atoms with Crippen LogP contribution in [0.3, 0.4) is 0 Å². The molecule has 17 heavy (non-hydrogen) atoms. The normalized spacial score (nSPS) is 13.8. The topological polar surface area (TPSA) is 44.8 Å². The van der Waals surface area contributed by atoms with Crippen LogP contribution < -0.4 is 0 Å². The molecule has 0 rings (SSSR count). The molecular weight excluding hydrogens is 300 g/mol. The third-order valence-electron chi connectivity index (χ3n) is 2.05. The summed E-state index contributed by atoms with van der Waals surface area (Å²) in [7, 11) is -1.15. The Bertz CT molecular complexity index is 224. The van der Waals surface area contributed by atoms with Gasteiger partial charge in [-0.1, -0.05) is 0 Å². The van der Waals surface area contributed by atoms with E-state index in [9.17, 15) is 4.79 Å². The van der Waals surface area contributed by atoms with Gasteiger partial charge < -0.3 is 0 Å². The van der Waals surface area contributed by atoms with Crippen LogP contribution >= 0.6 is 8.38 Å². The van der Waals surface area contributed by atoms with Crippen LogP contribution in [0.4, 0.5) is 0 Å². The number of rotatable bonds is 8. The van der Waals surface area contributed by atoms with Crippen molar-refractivity contribution in [1.29, 1.82) is 0 Å². The Morgan fingerprint density at radius 1 is 1.06 bits per heavy atom. The predicted molar refractivity (Wildman–Crippen MR) is 73.9 cm³/mol. The fourth-order valence-corrected chi connectivity index (χ4v) is 9.76. The van der Waals surface area contributed by atoms with Gasteiger partial charge in [0.05, 0.1) is 0 Å². The Kier molecular flexibility index (Phi) is 8.64. The summed E-state index contributed by atoms with van der Waals surface area (Å²) in [5, 5.41) is 0. The van der Waals surface area contributed by atoms with Gasteiger partial charge >= 0.3 is 109 Å². The van der Waals surface area contributed by atoms with Crippen molar-refractivity contribution in [1.82, 2.24) is 0 Å². The van der Waals surface area contributed by atoms with Crippen molar-refractivity contribution in [3.63, 3.8) is 0 Å². The summed E-state index contributed by atoms with van der Waals surface area (Å²) in [6.07, 6.45) is 0. The van der Waals surface area contributed by atoms with Crippen molar-refractivity contribution in [3.05, 3.63) is 0 Å². The van der Waals surface area contributed by atoms with Crippen molar-refractivity contribution in [2.24, 2.45) is 0 Å². The Balaban J connectivity index is 4.91. The number of hydrogen-bond acceptors (Lipinski definition) is 4. The summed E-state index contributed by atoms with van der Waals surface area (Å²) in [4.78, 5) is 12.1. The molecule has 0 saturated heterocycles. The van der Waals surface area contributed by atoms with Crippen molar-refractivity contribution in [2.75, 3.05) is 19.8 Å². The predicted octanol–water partition coefficient (Wildman–Crippen LogP) is 3.18. The Morgan fingerprint density at radius 2 is 1.53 bits per heavy atom. The van der Waals surface area contributed by atoms with E-state index in [4.69, 9.17) is 13.8 Å². The second kappa shape index (κ2) is 8.46. The molecule has 0 aromatic heterocycles. The first-order valence-electron chi connectivity index (χ1n) is 6.10. The number of carbonyl (C=O) groups is 1. The summed E-state index contributed by atoms with van der Waals surface area (Å²) < 4.78 is 16.3. The zero-order valence-electron chi connectivity index (χ0n) is 11.8. The molecule has 1 atom stereocenters. The second-order valence-electron chi connectivity index (χ2n) is 4.64. The van der Waals surface area contributed by atoms with Crippen LogP contribution in [0.25, 0.3) is 0 Å². The van der Waals surface area contributed by atoms with Gasteiger partial charge in [0.15, 0.2) is 0 Å². The molecule has 0 saturated carbocycles. The molecule has 0 aromatic carbocycles. The van der Waals surface area contributed by atoms with Crippen LogP contribution in [0.1, 0.15) is 20.8 Å². The van der Waals surface area contributed by atoms with E-state index >= 15 is 0 Å². The standard InChI is InChI=1S/C11H25GeO4P/c1-7-14-11(13)10(12(4,5)6)17(15-8-2)16-9-3/h10H,7-9H2,1-6H3. The molecule has 1 unspecified atom stereocenters. The molecule has 0 aliphatic rings. The van der Waals surface area contributed by atoms with E-state index in [2.05, 4.69) is 17.3 Å². The number of esters is 1. The van der Waals surface area contributed by atoms with E-state index < -0.39 is 21.6 Å². The van der Waals surface area contributed by atoms with E-state index in [1.54, 1.807) is 0 Å². The molecule has 0 N–H and O–H groups in total. The molecule has 0 bridgehead atoms. The average molecular weight is 325 g/mol. The molecule has 0 aromatic rings. The van der Waals surface area contributed by atoms with Crippen molar-refractivity contribution in [2.45, 2.75) is 42.5 Å². The molecule has 0 amide bonds. The van der Waals surface area contributed by atoms with Gasteiger partial charge in [-0.3, -0.25) is 0 Å². The summed E-state index contributed by atoms with van der Waals surface area (Å²) in [5.41, 5.74) is 0. The van der Waals surface area contributed by atoms with Gasteiger partial charge in [-0.15, -0.1) is 0 Å². The summed E-state index contributed by atoms with van der Waals surface area (Å²) in [6, 6.07) is 0. The second-order valence-corrected chi connectivity index (χ2v) is 18.4. The Morgan fingerprint density at radius 3 is 1.82 bits per heavy atom. The van der Waals surface area contributed by atoms with Gasteiger partial charge in [0.25, 0.3) is 0 Å². The Hall–Kier alpha value is 0.363. The molecule has 6 heteroatoms. The molecule has 102 valence electrons. The SMILES string of the molecule is CCOC(=O)[CH](P(OCC)OCC)[Ge]([CH3])([CH3])[CH3]. The first-order valence-corrected chi connectivity index (χ1v) is 14.8. The third kappa shape index (κ3) is 6.18. The van der Waals surface area contributed by atoms with E-state index in [1.807, 2.05) is 20.8 Å². The van der Waals surface area contributed by atoms with Crippen molar-refractivity contribution < 1.29 is 18.6 Å². The maximum absolute atomic E-state index is 12.1. The Labute approximate surface area is 109 Å². The number of hydrogen-bond donors (Lipinski definition) is 0. The molecule has 0 heterocycles. The van der Waals surface area contributed by atoms with E-state index in [-0.39, 0.29) is 10.5 Å². The first kappa shape index (κ1) is 17.4. The van der Waals surface area contributed by atoms with Crippen LogP contribution in [0.15, 0.2) is 0 Å². The van der Waals surface area contributed by atoms with Gasteiger partial charge in [0, 0.05) is 0 Å². The van der Waals surface area contributed by atoms with E-state index in [0.717, 1.165) is 0 Å². The van der Waals surface area contributed by atoms with Crippen LogP contribution in [-0.4, -0.2) is 43.5 Å². The zero-order chi connectivity index (χ0) is 13.5. The molecule has 0 spiro atoms. The third-order valence-corrected chi connectivity index (χ3v) is 13.0. The van der Waals surface area contributed by atoms with E-state index in [1.165, 1.54) is 0 Å². The van der Waals surface area contributed by atoms with E-state index in [0.29, 0.717) is 19.8 Å². The van der Waals surface area contributed by atoms with Crippen LogP contribution in [0, 0.1) is 0 Å². The molecule has 4 nitrogen and oxygen atoms in total. The summed E-state index contributed by atoms with van der Waals surface area (Å²) >= 11 is -2.24. The molecule has 0 aliphatic carbocycles. The van der Waals surface area contributed by atoms with Gasteiger partial charge in [-0.25, -0.2) is 0 Å². The van der Waals surface area contributed by atoms with Crippen LogP contribution in [0.5, 0.6) is 0 Å². The quantitative estimate of drug-likeness (QED) is 0.391. The van der Waals surface area contributed by atoms with Crippen molar-refractivity contribution in [3.8, 4) is 0 Å². The summed E-state index contributed by atoms with van der Waals surface area (Å²) in [6.45, 7) is 7.22. The minimum absolute atomic E-state index is 0.145. The first-order chi connectivity index (χ1) is 7.88. The van der Waals surface area contributed by atoms with Gasteiger partial charge in [-0.05, 0) is 0 Å². The maximum atomic E-state index is 12.1. The van der Waals surface area contributed by atoms with Gasteiger partial charge in [0.2, 0.25) is 0 Å². The number of ether oxygens (including phenoxy) is 1. The molecule has 0 radical (unpaired) electrons. The monoisotopic (exact) mass is 326 g/mol. The zero-order valence-corrected chi connectivity index (χ0v) is 14.8. The molecular formula is C11H25GeO4P. The van der Waals surface area contributed by atoms with Gasteiger partial charge in [-0.2, -0.15) is 0 Å². The minimum atomic E-state index is -2.24. The fourth-order valence-electron chi connectivity index (χ4n) is 1.42. The van der Waals surface area contributed by atoms with Crippen LogP contribution in [0.2, 0.25) is 17.3 Å². The van der Waals surface area contributed by atoms with Crippen LogP contribution in [-0.2, 0) is 18.6 Å². The number of carbonyl (C=O) groups excluding carboxylic acids is 1. The summed E-state index contributed by atoms with van der Waals surface area (Å²) in [5.74, 6) is 6.42.